The van der Waals surface area contributed by atoms with E-state index in [-0.39, 0.29) is 17.5 Å². The Labute approximate surface area is 157 Å². The van der Waals surface area contributed by atoms with Crippen molar-refractivity contribution in [3.05, 3.63) is 52.0 Å². The van der Waals surface area contributed by atoms with Gasteiger partial charge in [-0.1, -0.05) is 17.7 Å². The number of halogens is 1. The Bertz CT molecular complexity index is 801. The molecule has 0 atom stereocenters. The van der Waals surface area contributed by atoms with Crippen molar-refractivity contribution in [3.8, 4) is 11.5 Å². The fourth-order valence-electron chi connectivity index (χ4n) is 2.20. The van der Waals surface area contributed by atoms with Crippen molar-refractivity contribution < 1.29 is 14.6 Å². The number of anilines is 1. The summed E-state index contributed by atoms with van der Waals surface area (Å²) in [7, 11) is 0. The van der Waals surface area contributed by atoms with E-state index in [1.807, 2.05) is 26.8 Å². The van der Waals surface area contributed by atoms with Crippen LogP contribution >= 0.6 is 23.8 Å². The highest BCUT2D eigenvalue weighted by atomic mass is 35.5. The minimum atomic E-state index is -0.408. The molecule has 0 aliphatic rings. The van der Waals surface area contributed by atoms with Crippen LogP contribution in [0.4, 0.5) is 5.69 Å². The SMILES string of the molecule is Cc1ccc(NC(=S)NC(=O)COc2cc(C)c(Cl)c(C)c2)c(O)c1. The molecule has 0 spiro atoms. The molecule has 132 valence electrons. The predicted molar refractivity (Wildman–Crippen MR) is 104 cm³/mol. The molecule has 0 fully saturated rings. The third kappa shape index (κ3) is 5.34. The Hall–Kier alpha value is -2.31. The van der Waals surface area contributed by atoms with Gasteiger partial charge in [-0.15, -0.1) is 0 Å². The molecule has 0 bridgehead atoms. The Kier molecular flexibility index (Phi) is 6.22. The van der Waals surface area contributed by atoms with Crippen LogP contribution in [0.3, 0.4) is 0 Å². The second-order valence-corrected chi connectivity index (χ2v) is 6.47. The molecule has 0 unspecified atom stereocenters. The number of carbonyl (C=O) groups excluding carboxylic acids is 1. The van der Waals surface area contributed by atoms with Gasteiger partial charge in [-0.2, -0.15) is 0 Å². The van der Waals surface area contributed by atoms with E-state index in [2.05, 4.69) is 10.6 Å². The van der Waals surface area contributed by atoms with Gasteiger partial charge in [0.15, 0.2) is 11.7 Å². The van der Waals surface area contributed by atoms with Crippen LogP contribution in [-0.2, 0) is 4.79 Å². The molecule has 0 saturated carbocycles. The molecule has 5 nitrogen and oxygen atoms in total. The zero-order valence-corrected chi connectivity index (χ0v) is 15.7. The van der Waals surface area contributed by atoms with Crippen molar-refractivity contribution in [3.63, 3.8) is 0 Å². The number of ether oxygens (including phenoxy) is 1. The molecule has 7 heteroatoms. The first-order valence-corrected chi connectivity index (χ1v) is 8.35. The van der Waals surface area contributed by atoms with E-state index < -0.39 is 5.91 Å². The van der Waals surface area contributed by atoms with Crippen LogP contribution in [0.15, 0.2) is 30.3 Å². The number of phenols is 1. The molecule has 2 aromatic rings. The number of rotatable bonds is 4. The van der Waals surface area contributed by atoms with E-state index in [4.69, 9.17) is 28.6 Å². The van der Waals surface area contributed by atoms with E-state index in [0.29, 0.717) is 16.5 Å². The second-order valence-electron chi connectivity index (χ2n) is 5.68. The average molecular weight is 379 g/mol. The third-order valence-corrected chi connectivity index (χ3v) is 4.23. The summed E-state index contributed by atoms with van der Waals surface area (Å²) in [6, 6.07) is 8.63. The van der Waals surface area contributed by atoms with E-state index in [1.54, 1.807) is 24.3 Å². The van der Waals surface area contributed by atoms with Crippen LogP contribution in [0.2, 0.25) is 5.02 Å². The summed E-state index contributed by atoms with van der Waals surface area (Å²) < 4.78 is 5.47. The van der Waals surface area contributed by atoms with Crippen molar-refractivity contribution in [2.75, 3.05) is 11.9 Å². The molecule has 0 aliphatic carbocycles. The van der Waals surface area contributed by atoms with Crippen LogP contribution in [0.5, 0.6) is 11.5 Å². The molecule has 0 aliphatic heterocycles. The van der Waals surface area contributed by atoms with Gasteiger partial charge in [0.25, 0.3) is 5.91 Å². The maximum Gasteiger partial charge on any atom is 0.264 e. The first-order chi connectivity index (χ1) is 11.8. The summed E-state index contributed by atoms with van der Waals surface area (Å²) in [5.74, 6) is 0.207. The Morgan fingerprint density at radius 1 is 1.20 bits per heavy atom. The summed E-state index contributed by atoms with van der Waals surface area (Å²) in [4.78, 5) is 11.9. The van der Waals surface area contributed by atoms with Gasteiger partial charge in [-0.25, -0.2) is 0 Å². The van der Waals surface area contributed by atoms with Crippen molar-refractivity contribution in [1.29, 1.82) is 0 Å². The van der Waals surface area contributed by atoms with Crippen molar-refractivity contribution in [1.82, 2.24) is 5.32 Å². The highest BCUT2D eigenvalue weighted by Gasteiger charge is 2.09. The fourth-order valence-corrected chi connectivity index (χ4v) is 2.53. The number of hydrogen-bond acceptors (Lipinski definition) is 4. The molecule has 0 aromatic heterocycles. The van der Waals surface area contributed by atoms with Gasteiger partial charge in [-0.3, -0.25) is 10.1 Å². The summed E-state index contributed by atoms with van der Waals surface area (Å²) in [6.45, 7) is 5.41. The average Bonchev–Trinajstić information content (AvgIpc) is 2.53. The van der Waals surface area contributed by atoms with Crippen LogP contribution < -0.4 is 15.4 Å². The zero-order chi connectivity index (χ0) is 18.6. The van der Waals surface area contributed by atoms with Gasteiger partial charge in [0.1, 0.15) is 11.5 Å². The minimum Gasteiger partial charge on any atom is -0.506 e. The summed E-state index contributed by atoms with van der Waals surface area (Å²) in [5, 5.41) is 15.9. The number of benzene rings is 2. The topological polar surface area (TPSA) is 70.6 Å². The first kappa shape index (κ1) is 19.0. The minimum absolute atomic E-state index is 0.0555. The van der Waals surface area contributed by atoms with E-state index >= 15 is 0 Å². The number of carbonyl (C=O) groups is 1. The van der Waals surface area contributed by atoms with E-state index in [9.17, 15) is 9.90 Å². The fraction of sp³-hybridized carbons (Fsp3) is 0.222. The molecule has 0 heterocycles. The molecule has 3 N–H and O–H groups in total. The lowest BCUT2D eigenvalue weighted by Gasteiger charge is -2.12. The third-order valence-electron chi connectivity index (χ3n) is 3.43. The van der Waals surface area contributed by atoms with Crippen molar-refractivity contribution in [2.45, 2.75) is 20.8 Å². The van der Waals surface area contributed by atoms with Gasteiger partial charge >= 0.3 is 0 Å². The van der Waals surface area contributed by atoms with Crippen LogP contribution in [0.25, 0.3) is 0 Å². The lowest BCUT2D eigenvalue weighted by molar-refractivity contribution is -0.121. The summed E-state index contributed by atoms with van der Waals surface area (Å²) >= 11 is 11.2. The largest absolute Gasteiger partial charge is 0.506 e. The van der Waals surface area contributed by atoms with Crippen LogP contribution in [-0.4, -0.2) is 22.7 Å². The normalized spacial score (nSPS) is 10.2. The number of aryl methyl sites for hydroxylation is 3. The van der Waals surface area contributed by atoms with E-state index in [1.165, 1.54) is 0 Å². The quantitative estimate of drug-likeness (QED) is 0.556. The smallest absolute Gasteiger partial charge is 0.264 e. The number of nitrogens with one attached hydrogen (secondary N) is 2. The monoisotopic (exact) mass is 378 g/mol. The molecule has 2 aromatic carbocycles. The number of aromatic hydroxyl groups is 1. The van der Waals surface area contributed by atoms with Crippen LogP contribution in [0, 0.1) is 20.8 Å². The Morgan fingerprint density at radius 3 is 2.44 bits per heavy atom. The van der Waals surface area contributed by atoms with Crippen molar-refractivity contribution >= 4 is 40.5 Å². The number of phenolic OH excluding ortho intramolecular Hbond substituents is 1. The summed E-state index contributed by atoms with van der Waals surface area (Å²) in [5.41, 5.74) is 3.09. The number of thiocarbonyl (C=S) groups is 1. The maximum absolute atomic E-state index is 11.9. The van der Waals surface area contributed by atoms with Gasteiger partial charge < -0.3 is 15.2 Å². The molecule has 25 heavy (non-hydrogen) atoms. The highest BCUT2D eigenvalue weighted by molar-refractivity contribution is 7.80. The molecule has 2 rings (SSSR count). The van der Waals surface area contributed by atoms with Gasteiger partial charge in [0, 0.05) is 5.02 Å². The maximum atomic E-state index is 11.9. The lowest BCUT2D eigenvalue weighted by Crippen LogP contribution is -2.37. The molecule has 0 radical (unpaired) electrons. The molecular weight excluding hydrogens is 360 g/mol. The standard InChI is InChI=1S/C18H19ClN2O3S/c1-10-4-5-14(15(22)6-10)20-18(25)21-16(23)9-24-13-7-11(2)17(19)12(3)8-13/h4-8,22H,9H2,1-3H3,(H2,20,21,23,25). The van der Waals surface area contributed by atoms with Gasteiger partial charge in [-0.05, 0) is 73.9 Å². The number of amides is 1. The highest BCUT2D eigenvalue weighted by Crippen LogP contribution is 2.26. The number of hydrogen-bond donors (Lipinski definition) is 3. The molecule has 0 saturated heterocycles. The summed E-state index contributed by atoms with van der Waals surface area (Å²) in [6.07, 6.45) is 0. The van der Waals surface area contributed by atoms with Crippen molar-refractivity contribution in [2.24, 2.45) is 0 Å². The van der Waals surface area contributed by atoms with Gasteiger partial charge in [0.05, 0.1) is 5.69 Å². The van der Waals surface area contributed by atoms with E-state index in [0.717, 1.165) is 16.7 Å². The second kappa shape index (κ2) is 8.18. The molecule has 1 amide bonds. The Balaban J connectivity index is 1.88. The van der Waals surface area contributed by atoms with Gasteiger partial charge in [0.2, 0.25) is 0 Å². The predicted octanol–water partition coefficient (Wildman–Crippen LogP) is 3.86. The molecular formula is C18H19ClN2O3S. The zero-order valence-electron chi connectivity index (χ0n) is 14.1. The van der Waals surface area contributed by atoms with Crippen LogP contribution in [0.1, 0.15) is 16.7 Å². The first-order valence-electron chi connectivity index (χ1n) is 7.56. The lowest BCUT2D eigenvalue weighted by atomic mass is 10.1. The Morgan fingerprint density at radius 2 is 1.84 bits per heavy atom.